The zero-order valence-corrected chi connectivity index (χ0v) is 11.1. The van der Waals surface area contributed by atoms with E-state index in [1.165, 1.54) is 0 Å². The van der Waals surface area contributed by atoms with Crippen molar-refractivity contribution in [3.05, 3.63) is 29.3 Å². The van der Waals surface area contributed by atoms with Crippen molar-refractivity contribution in [3.8, 4) is 0 Å². The van der Waals surface area contributed by atoms with E-state index in [1.807, 2.05) is 32.0 Å². The zero-order valence-electron chi connectivity index (χ0n) is 11.1. The van der Waals surface area contributed by atoms with Crippen LogP contribution >= 0.6 is 0 Å². The van der Waals surface area contributed by atoms with E-state index in [9.17, 15) is 14.7 Å². The lowest BCUT2D eigenvalue weighted by atomic mass is 10.0. The number of nitrogens with one attached hydrogen (secondary N) is 1. The maximum atomic E-state index is 11.6. The van der Waals surface area contributed by atoms with Crippen LogP contribution in [0.15, 0.2) is 18.2 Å². The van der Waals surface area contributed by atoms with Crippen LogP contribution < -0.4 is 10.2 Å². The van der Waals surface area contributed by atoms with Gasteiger partial charge >= 0.3 is 5.97 Å². The summed E-state index contributed by atoms with van der Waals surface area (Å²) in [6.07, 6.45) is 0.807. The van der Waals surface area contributed by atoms with Crippen LogP contribution in [0, 0.1) is 6.92 Å². The van der Waals surface area contributed by atoms with E-state index in [1.54, 1.807) is 4.90 Å². The first-order valence-electron chi connectivity index (χ1n) is 6.39. The summed E-state index contributed by atoms with van der Waals surface area (Å²) >= 11 is 0. The number of carbonyl (C=O) groups excluding carboxylic acids is 1. The molecule has 1 fully saturated rings. The summed E-state index contributed by atoms with van der Waals surface area (Å²) in [4.78, 5) is 24.6. The molecule has 1 heterocycles. The van der Waals surface area contributed by atoms with Gasteiger partial charge in [-0.3, -0.25) is 4.79 Å². The average Bonchev–Trinajstić information content (AvgIpc) is 2.37. The molecule has 2 N–H and O–H groups in total. The molecule has 0 spiro atoms. The van der Waals surface area contributed by atoms with Gasteiger partial charge in [-0.25, -0.2) is 4.79 Å². The van der Waals surface area contributed by atoms with E-state index < -0.39 is 12.0 Å². The predicted molar refractivity (Wildman–Crippen MR) is 72.3 cm³/mol. The van der Waals surface area contributed by atoms with Crippen LogP contribution in [0.2, 0.25) is 0 Å². The maximum absolute atomic E-state index is 11.6. The van der Waals surface area contributed by atoms with Gasteiger partial charge in [-0.2, -0.15) is 0 Å². The van der Waals surface area contributed by atoms with Crippen LogP contribution in [0.3, 0.4) is 0 Å². The smallest absolute Gasteiger partial charge is 0.328 e. The lowest BCUT2D eigenvalue weighted by Crippen LogP contribution is -2.58. The van der Waals surface area contributed by atoms with E-state index in [4.69, 9.17) is 0 Å². The van der Waals surface area contributed by atoms with Gasteiger partial charge in [-0.1, -0.05) is 25.1 Å². The SMILES string of the molecule is CCc1cccc(C)c1N1CC(=O)NCC1C(=O)O. The molecule has 1 unspecified atom stereocenters. The minimum atomic E-state index is -0.912. The normalized spacial score (nSPS) is 19.2. The molecule has 0 aliphatic carbocycles. The number of aliphatic carboxylic acids is 1. The summed E-state index contributed by atoms with van der Waals surface area (Å²) in [5, 5.41) is 11.9. The average molecular weight is 262 g/mol. The van der Waals surface area contributed by atoms with Crippen molar-refractivity contribution in [2.75, 3.05) is 18.0 Å². The van der Waals surface area contributed by atoms with Gasteiger partial charge in [0.1, 0.15) is 6.04 Å². The summed E-state index contributed by atoms with van der Waals surface area (Å²) in [7, 11) is 0. The number of rotatable bonds is 3. The number of aryl methyl sites for hydroxylation is 2. The molecule has 19 heavy (non-hydrogen) atoms. The van der Waals surface area contributed by atoms with Gasteiger partial charge < -0.3 is 15.3 Å². The molecule has 2 rings (SSSR count). The Kier molecular flexibility index (Phi) is 3.74. The number of carboxylic acids is 1. The highest BCUT2D eigenvalue weighted by Gasteiger charge is 2.33. The van der Waals surface area contributed by atoms with Crippen LogP contribution in [0.4, 0.5) is 5.69 Å². The summed E-state index contributed by atoms with van der Waals surface area (Å²) in [5.74, 6) is -1.05. The van der Waals surface area contributed by atoms with E-state index >= 15 is 0 Å². The van der Waals surface area contributed by atoms with Crippen LogP contribution in [0.1, 0.15) is 18.1 Å². The molecule has 5 nitrogen and oxygen atoms in total. The van der Waals surface area contributed by atoms with Crippen LogP contribution in [-0.4, -0.2) is 36.1 Å². The Labute approximate surface area is 112 Å². The first-order chi connectivity index (χ1) is 9.04. The fraction of sp³-hybridized carbons (Fsp3) is 0.429. The molecule has 5 heteroatoms. The van der Waals surface area contributed by atoms with Gasteiger partial charge in [0.25, 0.3) is 0 Å². The van der Waals surface area contributed by atoms with E-state index in [0.29, 0.717) is 0 Å². The Morgan fingerprint density at radius 1 is 1.53 bits per heavy atom. The maximum Gasteiger partial charge on any atom is 0.328 e. The standard InChI is InChI=1S/C14H18N2O3/c1-3-10-6-4-5-9(2)13(10)16-8-12(17)15-7-11(16)14(18)19/h4-6,11H,3,7-8H2,1-2H3,(H,15,17)(H,18,19). The van der Waals surface area contributed by atoms with Crippen LogP contribution in [0.25, 0.3) is 0 Å². The minimum absolute atomic E-state index is 0.0921. The molecule has 1 aromatic rings. The Morgan fingerprint density at radius 3 is 2.89 bits per heavy atom. The zero-order chi connectivity index (χ0) is 14.0. The van der Waals surface area contributed by atoms with Gasteiger partial charge in [-0.05, 0) is 24.5 Å². The summed E-state index contributed by atoms with van der Waals surface area (Å²) in [5.41, 5.74) is 2.95. The van der Waals surface area contributed by atoms with Crippen LogP contribution in [-0.2, 0) is 16.0 Å². The largest absolute Gasteiger partial charge is 0.480 e. The molecule has 102 valence electrons. The van der Waals surface area contributed by atoms with Gasteiger partial charge in [0.15, 0.2) is 0 Å². The fourth-order valence-corrected chi connectivity index (χ4v) is 2.51. The van der Waals surface area contributed by atoms with Crippen molar-refractivity contribution in [1.29, 1.82) is 0 Å². The van der Waals surface area contributed by atoms with E-state index in [2.05, 4.69) is 5.32 Å². The Balaban J connectivity index is 2.47. The van der Waals surface area contributed by atoms with Crippen molar-refractivity contribution in [2.24, 2.45) is 0 Å². The number of anilines is 1. The first-order valence-corrected chi connectivity index (χ1v) is 6.39. The number of para-hydroxylation sites is 1. The third-order valence-electron chi connectivity index (χ3n) is 3.46. The highest BCUT2D eigenvalue weighted by atomic mass is 16.4. The molecule has 0 saturated carbocycles. The number of hydrogen-bond donors (Lipinski definition) is 2. The number of nitrogens with zero attached hydrogens (tertiary/aromatic N) is 1. The van der Waals surface area contributed by atoms with E-state index in [-0.39, 0.29) is 19.0 Å². The quantitative estimate of drug-likeness (QED) is 0.851. The van der Waals surface area contributed by atoms with Crippen LogP contribution in [0.5, 0.6) is 0 Å². The highest BCUT2D eigenvalue weighted by molar-refractivity contribution is 5.90. The molecule has 1 aliphatic rings. The molecule has 0 radical (unpaired) electrons. The number of piperazine rings is 1. The molecule has 0 aromatic heterocycles. The number of carbonyl (C=O) groups is 2. The molecule has 1 aromatic carbocycles. The summed E-state index contributed by atoms with van der Waals surface area (Å²) < 4.78 is 0. The number of carboxylic acid groups (broad SMARTS) is 1. The fourth-order valence-electron chi connectivity index (χ4n) is 2.51. The van der Waals surface area contributed by atoms with Crippen molar-refractivity contribution < 1.29 is 14.7 Å². The molecule has 0 bridgehead atoms. The minimum Gasteiger partial charge on any atom is -0.480 e. The highest BCUT2D eigenvalue weighted by Crippen LogP contribution is 2.28. The van der Waals surface area contributed by atoms with E-state index in [0.717, 1.165) is 23.2 Å². The monoisotopic (exact) mass is 262 g/mol. The Morgan fingerprint density at radius 2 is 2.26 bits per heavy atom. The number of amides is 1. The third-order valence-corrected chi connectivity index (χ3v) is 3.46. The molecular formula is C14H18N2O3. The molecule has 1 amide bonds. The Bertz CT molecular complexity index is 513. The lowest BCUT2D eigenvalue weighted by molar-refractivity contribution is -0.139. The van der Waals surface area contributed by atoms with Gasteiger partial charge in [0, 0.05) is 12.2 Å². The van der Waals surface area contributed by atoms with Crippen molar-refractivity contribution >= 4 is 17.6 Å². The molecular weight excluding hydrogens is 244 g/mol. The number of benzene rings is 1. The Hall–Kier alpha value is -2.04. The molecule has 1 aliphatic heterocycles. The topological polar surface area (TPSA) is 69.6 Å². The summed E-state index contributed by atoms with van der Waals surface area (Å²) in [6.45, 7) is 4.21. The second kappa shape index (κ2) is 5.30. The first kappa shape index (κ1) is 13.4. The molecule has 1 saturated heterocycles. The van der Waals surface area contributed by atoms with Gasteiger partial charge in [0.05, 0.1) is 6.54 Å². The van der Waals surface area contributed by atoms with Crippen molar-refractivity contribution in [3.63, 3.8) is 0 Å². The molecule has 1 atom stereocenters. The lowest BCUT2D eigenvalue weighted by Gasteiger charge is -2.36. The van der Waals surface area contributed by atoms with Gasteiger partial charge in [0.2, 0.25) is 5.91 Å². The number of hydrogen-bond acceptors (Lipinski definition) is 3. The second-order valence-electron chi connectivity index (χ2n) is 4.72. The summed E-state index contributed by atoms with van der Waals surface area (Å²) in [6, 6.07) is 5.18. The predicted octanol–water partition coefficient (Wildman–Crippen LogP) is 0.947. The van der Waals surface area contributed by atoms with Gasteiger partial charge in [-0.15, -0.1) is 0 Å². The second-order valence-corrected chi connectivity index (χ2v) is 4.72. The van der Waals surface area contributed by atoms with Crippen molar-refractivity contribution in [2.45, 2.75) is 26.3 Å². The third kappa shape index (κ3) is 2.54. The van der Waals surface area contributed by atoms with Crippen molar-refractivity contribution in [1.82, 2.24) is 5.32 Å².